The molecule has 0 aromatic carbocycles. The highest BCUT2D eigenvalue weighted by atomic mass is 14.5. The summed E-state index contributed by atoms with van der Waals surface area (Å²) in [7, 11) is 0. The Morgan fingerprint density at radius 2 is 1.15 bits per heavy atom. The van der Waals surface area contributed by atoms with Crippen LogP contribution in [0.3, 0.4) is 0 Å². The van der Waals surface area contributed by atoms with Gasteiger partial charge in [-0.2, -0.15) is 0 Å². The van der Waals surface area contributed by atoms with Crippen molar-refractivity contribution in [1.29, 1.82) is 0 Å². The second-order valence-corrected chi connectivity index (χ2v) is 6.32. The smallest absolute Gasteiger partial charge is 0.0194 e. The van der Waals surface area contributed by atoms with E-state index < -0.39 is 0 Å². The Kier molecular flexibility index (Phi) is 3.41. The second-order valence-electron chi connectivity index (χ2n) is 6.32. The Hall–Kier alpha value is -0.260. The van der Waals surface area contributed by atoms with Gasteiger partial charge in [0.2, 0.25) is 0 Å². The van der Waals surface area contributed by atoms with E-state index in [9.17, 15) is 0 Å². The van der Waals surface area contributed by atoms with Crippen molar-refractivity contribution in [2.24, 2.45) is 16.2 Å². The van der Waals surface area contributed by atoms with Gasteiger partial charge in [-0.15, -0.1) is 6.58 Å². The third kappa shape index (κ3) is 2.36. The quantitative estimate of drug-likeness (QED) is 0.545. The molecular weight excluding hydrogens is 156 g/mol. The molecule has 0 amide bonds. The van der Waals surface area contributed by atoms with Crippen molar-refractivity contribution in [2.75, 3.05) is 0 Å². The van der Waals surface area contributed by atoms with E-state index in [1.54, 1.807) is 0 Å². The predicted octanol–water partition coefficient (Wildman–Crippen LogP) is 4.66. The summed E-state index contributed by atoms with van der Waals surface area (Å²) < 4.78 is 0. The molecule has 0 heterocycles. The maximum atomic E-state index is 3.87. The van der Waals surface area contributed by atoms with E-state index in [-0.39, 0.29) is 0 Å². The molecule has 0 aromatic heterocycles. The van der Waals surface area contributed by atoms with Gasteiger partial charge in [0.15, 0.2) is 0 Å². The fourth-order valence-electron chi connectivity index (χ4n) is 2.03. The van der Waals surface area contributed by atoms with Gasteiger partial charge in [0.25, 0.3) is 0 Å². The Labute approximate surface area is 84.4 Å². The lowest BCUT2D eigenvalue weighted by Gasteiger charge is -2.51. The molecule has 0 aliphatic heterocycles. The minimum atomic E-state index is 0.307. The molecule has 0 atom stereocenters. The fraction of sp³-hybridized carbons (Fsp3) is 0.846. The molecule has 0 bridgehead atoms. The minimum absolute atomic E-state index is 0.307. The lowest BCUT2D eigenvalue weighted by Crippen LogP contribution is -2.43. The highest BCUT2D eigenvalue weighted by Crippen LogP contribution is 2.53. The maximum absolute atomic E-state index is 3.87. The van der Waals surface area contributed by atoms with Gasteiger partial charge >= 0.3 is 0 Å². The molecule has 0 spiro atoms. The van der Waals surface area contributed by atoms with Crippen LogP contribution >= 0.6 is 0 Å². The average Bonchev–Trinajstić information content (AvgIpc) is 1.82. The molecule has 0 fully saturated rings. The van der Waals surface area contributed by atoms with Crippen LogP contribution in [0.15, 0.2) is 12.7 Å². The van der Waals surface area contributed by atoms with Gasteiger partial charge < -0.3 is 0 Å². The first-order valence-electron chi connectivity index (χ1n) is 5.17. The van der Waals surface area contributed by atoms with Crippen LogP contribution in [0.5, 0.6) is 0 Å². The van der Waals surface area contributed by atoms with Gasteiger partial charge in [-0.3, -0.25) is 0 Å². The summed E-state index contributed by atoms with van der Waals surface area (Å²) in [6, 6.07) is 0. The first-order chi connectivity index (χ1) is 5.56. The second kappa shape index (κ2) is 3.48. The lowest BCUT2D eigenvalue weighted by atomic mass is 9.54. The largest absolute Gasteiger partial charge is 0.103 e. The van der Waals surface area contributed by atoms with Crippen molar-refractivity contribution >= 4 is 0 Å². The third-order valence-electron chi connectivity index (χ3n) is 3.86. The number of hydrogen-bond donors (Lipinski definition) is 0. The summed E-state index contributed by atoms with van der Waals surface area (Å²) in [5.41, 5.74) is 0.945. The monoisotopic (exact) mass is 182 g/mol. The van der Waals surface area contributed by atoms with Crippen molar-refractivity contribution in [2.45, 2.75) is 54.9 Å². The third-order valence-corrected chi connectivity index (χ3v) is 3.86. The summed E-state index contributed by atoms with van der Waals surface area (Å²) in [4.78, 5) is 0. The van der Waals surface area contributed by atoms with E-state index in [0.29, 0.717) is 16.2 Å². The first-order valence-corrected chi connectivity index (χ1v) is 5.17. The zero-order valence-corrected chi connectivity index (χ0v) is 10.5. The summed E-state index contributed by atoms with van der Waals surface area (Å²) in [5.74, 6) is 0. The fourth-order valence-corrected chi connectivity index (χ4v) is 2.03. The van der Waals surface area contributed by atoms with Gasteiger partial charge in [0, 0.05) is 0 Å². The standard InChI is InChI=1S/C13H26/c1-9-10-13(8,11(2,3)4)12(5,6)7/h9H,1,10H2,2-8H3. The zero-order chi connectivity index (χ0) is 10.9. The molecule has 0 aliphatic carbocycles. The SMILES string of the molecule is C=CCC(C)(C(C)(C)C)C(C)(C)C. The van der Waals surface area contributed by atoms with Gasteiger partial charge in [-0.1, -0.05) is 54.5 Å². The molecule has 0 nitrogen and oxygen atoms in total. The summed E-state index contributed by atoms with van der Waals surface area (Å²) >= 11 is 0. The molecule has 13 heavy (non-hydrogen) atoms. The van der Waals surface area contributed by atoms with E-state index in [4.69, 9.17) is 0 Å². The normalized spacial score (nSPS) is 14.4. The predicted molar refractivity (Wildman–Crippen MR) is 61.8 cm³/mol. The van der Waals surface area contributed by atoms with Gasteiger partial charge in [-0.05, 0) is 22.7 Å². The highest BCUT2D eigenvalue weighted by molar-refractivity contribution is 4.98. The van der Waals surface area contributed by atoms with Crippen LogP contribution in [0.4, 0.5) is 0 Å². The number of hydrogen-bond acceptors (Lipinski definition) is 0. The highest BCUT2D eigenvalue weighted by Gasteiger charge is 2.45. The molecule has 0 radical (unpaired) electrons. The Bertz CT molecular complexity index is 159. The van der Waals surface area contributed by atoms with Crippen molar-refractivity contribution in [3.63, 3.8) is 0 Å². The van der Waals surface area contributed by atoms with Crippen LogP contribution in [0.1, 0.15) is 54.9 Å². The minimum Gasteiger partial charge on any atom is -0.103 e. The molecule has 0 rings (SSSR count). The summed E-state index contributed by atoms with van der Waals surface area (Å²) in [6.45, 7) is 20.2. The molecule has 0 N–H and O–H groups in total. The van der Waals surface area contributed by atoms with Crippen LogP contribution in [0.2, 0.25) is 0 Å². The van der Waals surface area contributed by atoms with Crippen molar-refractivity contribution < 1.29 is 0 Å². The Morgan fingerprint density at radius 3 is 1.23 bits per heavy atom. The van der Waals surface area contributed by atoms with Crippen molar-refractivity contribution in [1.82, 2.24) is 0 Å². The van der Waals surface area contributed by atoms with Crippen LogP contribution < -0.4 is 0 Å². The van der Waals surface area contributed by atoms with Crippen LogP contribution in [-0.2, 0) is 0 Å². The zero-order valence-electron chi connectivity index (χ0n) is 10.5. The Balaban J connectivity index is 5.07. The van der Waals surface area contributed by atoms with E-state index in [0.717, 1.165) is 6.42 Å². The molecule has 0 saturated heterocycles. The molecule has 0 unspecified atom stereocenters. The molecule has 0 aliphatic rings. The van der Waals surface area contributed by atoms with Crippen molar-refractivity contribution in [3.8, 4) is 0 Å². The Morgan fingerprint density at radius 1 is 0.846 bits per heavy atom. The van der Waals surface area contributed by atoms with E-state index in [2.05, 4.69) is 61.1 Å². The van der Waals surface area contributed by atoms with Crippen LogP contribution in [0.25, 0.3) is 0 Å². The van der Waals surface area contributed by atoms with Crippen LogP contribution in [0, 0.1) is 16.2 Å². The van der Waals surface area contributed by atoms with Gasteiger partial charge in [-0.25, -0.2) is 0 Å². The van der Waals surface area contributed by atoms with Gasteiger partial charge in [0.05, 0.1) is 0 Å². The molecule has 0 aromatic rings. The number of allylic oxidation sites excluding steroid dienone is 1. The summed E-state index contributed by atoms with van der Waals surface area (Å²) in [6.07, 6.45) is 3.14. The van der Waals surface area contributed by atoms with E-state index >= 15 is 0 Å². The molecular formula is C13H26. The van der Waals surface area contributed by atoms with Gasteiger partial charge in [0.1, 0.15) is 0 Å². The summed E-state index contributed by atoms with van der Waals surface area (Å²) in [5, 5.41) is 0. The molecule has 0 saturated carbocycles. The molecule has 78 valence electrons. The topological polar surface area (TPSA) is 0 Å². The average molecular weight is 182 g/mol. The molecule has 0 heteroatoms. The number of rotatable bonds is 2. The maximum Gasteiger partial charge on any atom is -0.0194 e. The van der Waals surface area contributed by atoms with Crippen molar-refractivity contribution in [3.05, 3.63) is 12.7 Å². The van der Waals surface area contributed by atoms with E-state index in [1.165, 1.54) is 0 Å². The first kappa shape index (κ1) is 12.7. The van der Waals surface area contributed by atoms with Crippen LogP contribution in [-0.4, -0.2) is 0 Å². The lowest BCUT2D eigenvalue weighted by molar-refractivity contribution is -0.0106. The van der Waals surface area contributed by atoms with E-state index in [1.807, 2.05) is 0 Å².